The minimum atomic E-state index is -0.975. The minimum Gasteiger partial charge on any atom is -0.478 e. The highest BCUT2D eigenvalue weighted by molar-refractivity contribution is 7.98. The molecule has 1 aliphatic heterocycles. The van der Waals surface area contributed by atoms with Crippen LogP contribution in [-0.2, 0) is 4.74 Å². The average molecular weight is 255 g/mol. The van der Waals surface area contributed by atoms with Gasteiger partial charge in [-0.05, 0) is 12.3 Å². The van der Waals surface area contributed by atoms with E-state index in [9.17, 15) is 9.90 Å². The highest BCUT2D eigenvalue weighted by atomic mass is 32.2. The van der Waals surface area contributed by atoms with Crippen molar-refractivity contribution in [2.45, 2.75) is 5.03 Å². The molecule has 6 nitrogen and oxygen atoms in total. The summed E-state index contributed by atoms with van der Waals surface area (Å²) >= 11 is 1.38. The largest absolute Gasteiger partial charge is 0.478 e. The lowest BCUT2D eigenvalue weighted by Crippen LogP contribution is -2.38. The molecule has 1 fully saturated rings. The van der Waals surface area contributed by atoms with Gasteiger partial charge in [0, 0.05) is 13.1 Å². The SMILES string of the molecule is CSc1cc(C(=O)O)c(N2CCOCC2)nn1. The Labute approximate surface area is 103 Å². The Morgan fingerprint density at radius 1 is 1.47 bits per heavy atom. The number of hydrogen-bond donors (Lipinski definition) is 1. The first-order valence-corrected chi connectivity index (χ1v) is 6.42. The zero-order valence-electron chi connectivity index (χ0n) is 9.42. The summed E-state index contributed by atoms with van der Waals surface area (Å²) in [6.07, 6.45) is 1.84. The molecule has 0 aromatic carbocycles. The maximum absolute atomic E-state index is 11.2. The molecule has 7 heteroatoms. The Hall–Kier alpha value is -1.34. The van der Waals surface area contributed by atoms with E-state index in [1.54, 1.807) is 6.07 Å². The van der Waals surface area contributed by atoms with E-state index in [-0.39, 0.29) is 5.56 Å². The summed E-state index contributed by atoms with van der Waals surface area (Å²) < 4.78 is 5.23. The Kier molecular flexibility index (Phi) is 3.80. The summed E-state index contributed by atoms with van der Waals surface area (Å²) in [5, 5.41) is 17.8. The Morgan fingerprint density at radius 2 is 2.18 bits per heavy atom. The number of thioether (sulfide) groups is 1. The van der Waals surface area contributed by atoms with Crippen molar-refractivity contribution in [1.82, 2.24) is 10.2 Å². The fourth-order valence-electron chi connectivity index (χ4n) is 1.63. The molecule has 1 aliphatic rings. The monoisotopic (exact) mass is 255 g/mol. The van der Waals surface area contributed by atoms with Crippen LogP contribution in [0.15, 0.2) is 11.1 Å². The predicted octanol–water partition coefficient (Wildman–Crippen LogP) is 0.733. The normalized spacial score (nSPS) is 15.9. The molecule has 92 valence electrons. The van der Waals surface area contributed by atoms with Crippen LogP contribution in [0.25, 0.3) is 0 Å². The number of carboxylic acids is 1. The van der Waals surface area contributed by atoms with E-state index in [1.807, 2.05) is 11.2 Å². The summed E-state index contributed by atoms with van der Waals surface area (Å²) in [4.78, 5) is 13.1. The van der Waals surface area contributed by atoms with Crippen molar-refractivity contribution in [3.63, 3.8) is 0 Å². The third kappa shape index (κ3) is 2.67. The van der Waals surface area contributed by atoms with Crippen LogP contribution in [0.3, 0.4) is 0 Å². The second kappa shape index (κ2) is 5.33. The van der Waals surface area contributed by atoms with Gasteiger partial charge in [-0.15, -0.1) is 22.0 Å². The van der Waals surface area contributed by atoms with Crippen LogP contribution in [0.5, 0.6) is 0 Å². The van der Waals surface area contributed by atoms with Gasteiger partial charge in [-0.1, -0.05) is 0 Å². The van der Waals surface area contributed by atoms with Crippen LogP contribution in [-0.4, -0.2) is 53.8 Å². The van der Waals surface area contributed by atoms with Crippen LogP contribution >= 0.6 is 11.8 Å². The lowest BCUT2D eigenvalue weighted by atomic mass is 10.2. The van der Waals surface area contributed by atoms with Crippen molar-refractivity contribution in [3.8, 4) is 0 Å². The van der Waals surface area contributed by atoms with Gasteiger partial charge < -0.3 is 14.7 Å². The first-order chi connectivity index (χ1) is 8.22. The fourth-order valence-corrected chi connectivity index (χ4v) is 1.99. The van der Waals surface area contributed by atoms with E-state index in [0.29, 0.717) is 37.1 Å². The topological polar surface area (TPSA) is 75.5 Å². The number of anilines is 1. The number of ether oxygens (including phenoxy) is 1. The minimum absolute atomic E-state index is 0.200. The van der Waals surface area contributed by atoms with Crippen molar-refractivity contribution in [3.05, 3.63) is 11.6 Å². The average Bonchev–Trinajstić information content (AvgIpc) is 2.39. The van der Waals surface area contributed by atoms with Gasteiger partial charge in [-0.2, -0.15) is 0 Å². The summed E-state index contributed by atoms with van der Waals surface area (Å²) in [6.45, 7) is 2.47. The predicted molar refractivity (Wildman–Crippen MR) is 63.8 cm³/mol. The van der Waals surface area contributed by atoms with Crippen LogP contribution in [0, 0.1) is 0 Å². The van der Waals surface area contributed by atoms with Crippen molar-refractivity contribution in [1.29, 1.82) is 0 Å². The molecule has 1 aromatic heterocycles. The molecule has 0 unspecified atom stereocenters. The second-order valence-corrected chi connectivity index (χ2v) is 4.36. The van der Waals surface area contributed by atoms with Gasteiger partial charge in [0.15, 0.2) is 5.82 Å². The molecule has 2 rings (SSSR count). The Morgan fingerprint density at radius 3 is 2.76 bits per heavy atom. The maximum atomic E-state index is 11.2. The molecule has 1 aromatic rings. The summed E-state index contributed by atoms with van der Waals surface area (Å²) in [7, 11) is 0. The van der Waals surface area contributed by atoms with E-state index in [2.05, 4.69) is 10.2 Å². The number of aromatic carboxylic acids is 1. The Bertz CT molecular complexity index is 421. The molecule has 0 spiro atoms. The van der Waals surface area contributed by atoms with E-state index >= 15 is 0 Å². The zero-order chi connectivity index (χ0) is 12.3. The van der Waals surface area contributed by atoms with E-state index in [4.69, 9.17) is 4.74 Å². The van der Waals surface area contributed by atoms with Gasteiger partial charge in [-0.25, -0.2) is 4.79 Å². The molecule has 0 aliphatic carbocycles. The number of aromatic nitrogens is 2. The van der Waals surface area contributed by atoms with Crippen LogP contribution in [0.1, 0.15) is 10.4 Å². The smallest absolute Gasteiger partial charge is 0.339 e. The number of hydrogen-bond acceptors (Lipinski definition) is 6. The lowest BCUT2D eigenvalue weighted by molar-refractivity contribution is 0.0695. The van der Waals surface area contributed by atoms with Crippen molar-refractivity contribution >= 4 is 23.5 Å². The molecule has 0 bridgehead atoms. The molecule has 0 amide bonds. The molecule has 1 N–H and O–H groups in total. The fraction of sp³-hybridized carbons (Fsp3) is 0.500. The standard InChI is InChI=1S/C10H13N3O3S/c1-17-8-6-7(10(14)15)9(12-11-8)13-2-4-16-5-3-13/h6H,2-5H2,1H3,(H,14,15). The van der Waals surface area contributed by atoms with Gasteiger partial charge in [0.05, 0.1) is 13.2 Å². The third-order valence-electron chi connectivity index (χ3n) is 2.50. The van der Waals surface area contributed by atoms with Crippen molar-refractivity contribution in [2.75, 3.05) is 37.5 Å². The van der Waals surface area contributed by atoms with Crippen molar-refractivity contribution in [2.24, 2.45) is 0 Å². The maximum Gasteiger partial charge on any atom is 0.339 e. The molecule has 2 heterocycles. The number of carbonyl (C=O) groups is 1. The Balaban J connectivity index is 2.34. The first-order valence-electron chi connectivity index (χ1n) is 5.20. The molecule has 0 atom stereocenters. The summed E-state index contributed by atoms with van der Waals surface area (Å²) in [5.41, 5.74) is 0.200. The number of morpholine rings is 1. The molecule has 0 radical (unpaired) electrons. The first kappa shape index (κ1) is 12.1. The van der Waals surface area contributed by atoms with Crippen LogP contribution in [0.4, 0.5) is 5.82 Å². The van der Waals surface area contributed by atoms with Gasteiger partial charge in [0.2, 0.25) is 0 Å². The van der Waals surface area contributed by atoms with Gasteiger partial charge in [-0.3, -0.25) is 0 Å². The quantitative estimate of drug-likeness (QED) is 0.798. The van der Waals surface area contributed by atoms with Gasteiger partial charge in [0.25, 0.3) is 0 Å². The van der Waals surface area contributed by atoms with Crippen LogP contribution in [0.2, 0.25) is 0 Å². The van der Waals surface area contributed by atoms with E-state index in [0.717, 1.165) is 0 Å². The molecule has 1 saturated heterocycles. The summed E-state index contributed by atoms with van der Waals surface area (Å²) in [6, 6.07) is 1.56. The van der Waals surface area contributed by atoms with Gasteiger partial charge >= 0.3 is 5.97 Å². The lowest BCUT2D eigenvalue weighted by Gasteiger charge is -2.28. The third-order valence-corrected chi connectivity index (χ3v) is 3.12. The molecule has 17 heavy (non-hydrogen) atoms. The zero-order valence-corrected chi connectivity index (χ0v) is 10.2. The summed E-state index contributed by atoms with van der Waals surface area (Å²) in [5.74, 6) is -0.546. The number of nitrogens with zero attached hydrogens (tertiary/aromatic N) is 3. The highest BCUT2D eigenvalue weighted by Crippen LogP contribution is 2.22. The number of carboxylic acid groups (broad SMARTS) is 1. The van der Waals surface area contributed by atoms with E-state index < -0.39 is 5.97 Å². The van der Waals surface area contributed by atoms with Crippen molar-refractivity contribution < 1.29 is 14.6 Å². The molecule has 0 saturated carbocycles. The van der Waals surface area contributed by atoms with Gasteiger partial charge in [0.1, 0.15) is 10.6 Å². The van der Waals surface area contributed by atoms with E-state index in [1.165, 1.54) is 11.8 Å². The van der Waals surface area contributed by atoms with Crippen LogP contribution < -0.4 is 4.90 Å². The highest BCUT2D eigenvalue weighted by Gasteiger charge is 2.21. The number of rotatable bonds is 3. The second-order valence-electron chi connectivity index (χ2n) is 3.53. The molecular formula is C10H13N3O3S. The molecular weight excluding hydrogens is 242 g/mol.